The van der Waals surface area contributed by atoms with Crippen LogP contribution in [-0.2, 0) is 20.2 Å². The fourth-order valence-corrected chi connectivity index (χ4v) is 4.67. The topological polar surface area (TPSA) is 74.7 Å². The van der Waals surface area contributed by atoms with Crippen LogP contribution in [-0.4, -0.2) is 36.9 Å². The minimum Gasteiger partial charge on any atom is -0.480 e. The molecule has 1 rings (SSSR count). The summed E-state index contributed by atoms with van der Waals surface area (Å²) in [6.45, 7) is 7.55. The van der Waals surface area contributed by atoms with Crippen LogP contribution in [0.3, 0.4) is 0 Å². The van der Waals surface area contributed by atoms with Gasteiger partial charge in [0, 0.05) is 11.4 Å². The second-order valence-corrected chi connectivity index (χ2v) is 8.85. The third kappa shape index (κ3) is 4.04. The summed E-state index contributed by atoms with van der Waals surface area (Å²) in [5.74, 6) is -1.14. The van der Waals surface area contributed by atoms with Crippen molar-refractivity contribution in [2.75, 3.05) is 13.1 Å². The van der Waals surface area contributed by atoms with Gasteiger partial charge < -0.3 is 5.11 Å². The summed E-state index contributed by atoms with van der Waals surface area (Å²) in [5.41, 5.74) is -0.124. The fourth-order valence-electron chi connectivity index (χ4n) is 1.67. The molecule has 0 amide bonds. The number of rotatable bonds is 6. The van der Waals surface area contributed by atoms with Crippen molar-refractivity contribution < 1.29 is 18.3 Å². The standard InChI is InChI=1S/C13H21NO4S2/c1-5-8-14(9-11(15)16)20(17,18)12-7-6-10(19-12)13(2,3)4/h6-7H,5,8-9H2,1-4H3,(H,15,16). The van der Waals surface area contributed by atoms with Crippen molar-refractivity contribution in [3.05, 3.63) is 17.0 Å². The molecule has 1 aromatic rings. The van der Waals surface area contributed by atoms with E-state index >= 15 is 0 Å². The van der Waals surface area contributed by atoms with Crippen LogP contribution in [0.4, 0.5) is 0 Å². The molecular formula is C13H21NO4S2. The number of aliphatic carboxylic acids is 1. The van der Waals surface area contributed by atoms with Gasteiger partial charge in [0.05, 0.1) is 0 Å². The molecule has 0 unspecified atom stereocenters. The summed E-state index contributed by atoms with van der Waals surface area (Å²) < 4.78 is 26.2. The van der Waals surface area contributed by atoms with E-state index in [-0.39, 0.29) is 16.2 Å². The van der Waals surface area contributed by atoms with Gasteiger partial charge in [-0.15, -0.1) is 11.3 Å². The summed E-state index contributed by atoms with van der Waals surface area (Å²) in [5, 5.41) is 8.85. The van der Waals surface area contributed by atoms with Gasteiger partial charge in [-0.25, -0.2) is 8.42 Å². The molecule has 7 heteroatoms. The number of carboxylic acids is 1. The van der Waals surface area contributed by atoms with Crippen molar-refractivity contribution in [1.82, 2.24) is 4.31 Å². The highest BCUT2D eigenvalue weighted by molar-refractivity contribution is 7.91. The number of sulfonamides is 1. The average molecular weight is 319 g/mol. The second kappa shape index (κ2) is 6.24. The van der Waals surface area contributed by atoms with Gasteiger partial charge in [-0.1, -0.05) is 27.7 Å². The number of hydrogen-bond donors (Lipinski definition) is 1. The van der Waals surface area contributed by atoms with E-state index in [1.807, 2.05) is 27.7 Å². The van der Waals surface area contributed by atoms with Gasteiger partial charge in [0.25, 0.3) is 10.0 Å². The van der Waals surface area contributed by atoms with Crippen molar-refractivity contribution in [3.8, 4) is 0 Å². The van der Waals surface area contributed by atoms with Crippen LogP contribution in [0.1, 0.15) is 39.0 Å². The Hall–Kier alpha value is -0.920. The maximum absolute atomic E-state index is 12.5. The van der Waals surface area contributed by atoms with Crippen molar-refractivity contribution in [2.45, 2.75) is 43.7 Å². The predicted molar refractivity (Wildman–Crippen MR) is 79.7 cm³/mol. The van der Waals surface area contributed by atoms with Gasteiger partial charge in [-0.05, 0) is 24.0 Å². The molecule has 0 aliphatic heterocycles. The second-order valence-electron chi connectivity index (χ2n) is 5.60. The number of carbonyl (C=O) groups is 1. The Bertz CT molecular complexity index is 569. The van der Waals surface area contributed by atoms with Crippen LogP contribution >= 0.6 is 11.3 Å². The highest BCUT2D eigenvalue weighted by atomic mass is 32.2. The largest absolute Gasteiger partial charge is 0.480 e. The number of nitrogens with zero attached hydrogens (tertiary/aromatic N) is 1. The first-order valence-electron chi connectivity index (χ1n) is 6.41. The molecular weight excluding hydrogens is 298 g/mol. The zero-order chi connectivity index (χ0) is 15.6. The van der Waals surface area contributed by atoms with Gasteiger partial charge in [0.15, 0.2) is 0 Å². The molecule has 0 radical (unpaired) electrons. The molecule has 1 heterocycles. The molecule has 0 atom stereocenters. The maximum Gasteiger partial charge on any atom is 0.318 e. The van der Waals surface area contributed by atoms with E-state index in [9.17, 15) is 13.2 Å². The zero-order valence-corrected chi connectivity index (χ0v) is 13.8. The lowest BCUT2D eigenvalue weighted by Crippen LogP contribution is -2.35. The van der Waals surface area contributed by atoms with Crippen LogP contribution in [0, 0.1) is 0 Å². The molecule has 0 spiro atoms. The van der Waals surface area contributed by atoms with E-state index in [0.29, 0.717) is 6.42 Å². The smallest absolute Gasteiger partial charge is 0.318 e. The summed E-state index contributed by atoms with van der Waals surface area (Å²) in [6, 6.07) is 3.35. The molecule has 20 heavy (non-hydrogen) atoms. The molecule has 0 fully saturated rings. The minimum atomic E-state index is -3.73. The van der Waals surface area contributed by atoms with Crippen LogP contribution in [0.5, 0.6) is 0 Å². The quantitative estimate of drug-likeness (QED) is 0.874. The molecule has 0 bridgehead atoms. The van der Waals surface area contributed by atoms with E-state index in [4.69, 9.17) is 5.11 Å². The number of thiophene rings is 1. The summed E-state index contributed by atoms with van der Waals surface area (Å²) in [6.07, 6.45) is 0.573. The Labute approximate surface area is 124 Å². The molecule has 1 aromatic heterocycles. The van der Waals surface area contributed by atoms with E-state index in [1.165, 1.54) is 11.3 Å². The Balaban J connectivity index is 3.13. The molecule has 0 aliphatic rings. The van der Waals surface area contributed by atoms with Gasteiger partial charge in [-0.2, -0.15) is 4.31 Å². The SMILES string of the molecule is CCCN(CC(=O)O)S(=O)(=O)c1ccc(C(C)(C)C)s1. The summed E-state index contributed by atoms with van der Waals surface area (Å²) >= 11 is 1.21. The van der Waals surface area contributed by atoms with Crippen molar-refractivity contribution in [3.63, 3.8) is 0 Å². The lowest BCUT2D eigenvalue weighted by atomic mass is 9.95. The monoisotopic (exact) mass is 319 g/mol. The van der Waals surface area contributed by atoms with Crippen molar-refractivity contribution in [1.29, 1.82) is 0 Å². The Morgan fingerprint density at radius 3 is 2.35 bits per heavy atom. The first-order chi connectivity index (χ1) is 9.09. The molecule has 0 aromatic carbocycles. The van der Waals surface area contributed by atoms with Gasteiger partial charge in [0.1, 0.15) is 10.8 Å². The van der Waals surface area contributed by atoms with Crippen LogP contribution in [0.15, 0.2) is 16.3 Å². The van der Waals surface area contributed by atoms with E-state index in [1.54, 1.807) is 12.1 Å². The predicted octanol–water partition coefficient (Wildman–Crippen LogP) is 2.53. The highest BCUT2D eigenvalue weighted by Gasteiger charge is 2.28. The Morgan fingerprint density at radius 1 is 1.35 bits per heavy atom. The van der Waals surface area contributed by atoms with E-state index < -0.39 is 22.5 Å². The van der Waals surface area contributed by atoms with Gasteiger partial charge >= 0.3 is 5.97 Å². The molecule has 114 valence electrons. The molecule has 5 nitrogen and oxygen atoms in total. The lowest BCUT2D eigenvalue weighted by Gasteiger charge is -2.19. The summed E-state index contributed by atoms with van der Waals surface area (Å²) in [4.78, 5) is 11.8. The summed E-state index contributed by atoms with van der Waals surface area (Å²) in [7, 11) is -3.73. The third-order valence-electron chi connectivity index (χ3n) is 2.70. The first-order valence-corrected chi connectivity index (χ1v) is 8.67. The minimum absolute atomic E-state index is 0.124. The average Bonchev–Trinajstić information content (AvgIpc) is 2.77. The van der Waals surface area contributed by atoms with Gasteiger partial charge in [0.2, 0.25) is 0 Å². The van der Waals surface area contributed by atoms with Crippen molar-refractivity contribution >= 4 is 27.3 Å². The Morgan fingerprint density at radius 2 is 1.95 bits per heavy atom. The fraction of sp³-hybridized carbons (Fsp3) is 0.615. The number of hydrogen-bond acceptors (Lipinski definition) is 4. The van der Waals surface area contributed by atoms with Crippen molar-refractivity contribution in [2.24, 2.45) is 0 Å². The third-order valence-corrected chi connectivity index (χ3v) is 6.52. The van der Waals surface area contributed by atoms with E-state index in [2.05, 4.69) is 0 Å². The molecule has 0 saturated heterocycles. The molecule has 1 N–H and O–H groups in total. The van der Waals surface area contributed by atoms with E-state index in [0.717, 1.165) is 9.18 Å². The van der Waals surface area contributed by atoms with Crippen LogP contribution < -0.4 is 0 Å². The lowest BCUT2D eigenvalue weighted by molar-refractivity contribution is -0.137. The molecule has 0 aliphatic carbocycles. The van der Waals surface area contributed by atoms with Gasteiger partial charge in [-0.3, -0.25) is 4.79 Å². The normalized spacial score (nSPS) is 12.8. The van der Waals surface area contributed by atoms with Crippen LogP contribution in [0.2, 0.25) is 0 Å². The Kier molecular flexibility index (Phi) is 5.34. The maximum atomic E-state index is 12.5. The zero-order valence-electron chi connectivity index (χ0n) is 12.2. The number of carboxylic acid groups (broad SMARTS) is 1. The van der Waals surface area contributed by atoms with Crippen LogP contribution in [0.25, 0.3) is 0 Å². The molecule has 0 saturated carbocycles. The highest BCUT2D eigenvalue weighted by Crippen LogP contribution is 2.33. The first kappa shape index (κ1) is 17.1.